The van der Waals surface area contributed by atoms with E-state index < -0.39 is 0 Å². The molecule has 38 heavy (non-hydrogen) atoms. The van der Waals surface area contributed by atoms with E-state index in [1.807, 2.05) is 36.4 Å². The SMILES string of the molecule is C1=CCC(c2c(-c3nc(-c4ccccc4)nc(-c4ccccc4)n3)c3ccccc3c3ccccc23)C=C1. The summed E-state index contributed by atoms with van der Waals surface area (Å²) in [5.41, 5.74) is 4.30. The van der Waals surface area contributed by atoms with Crippen LogP contribution in [0.25, 0.3) is 55.7 Å². The fraction of sp³-hybridized carbons (Fsp3) is 0.0571. The van der Waals surface area contributed by atoms with Crippen LogP contribution < -0.4 is 0 Å². The minimum absolute atomic E-state index is 0.224. The maximum atomic E-state index is 5.15. The van der Waals surface area contributed by atoms with E-state index >= 15 is 0 Å². The molecular weight excluding hydrogens is 462 g/mol. The molecule has 1 atom stereocenters. The van der Waals surface area contributed by atoms with Gasteiger partial charge in [0.2, 0.25) is 0 Å². The first-order valence-corrected chi connectivity index (χ1v) is 13.0. The summed E-state index contributed by atoms with van der Waals surface area (Å²) in [6.45, 7) is 0. The molecule has 1 aliphatic rings. The quantitative estimate of drug-likeness (QED) is 0.233. The second-order valence-electron chi connectivity index (χ2n) is 9.57. The van der Waals surface area contributed by atoms with Crippen LogP contribution in [0.3, 0.4) is 0 Å². The third kappa shape index (κ3) is 3.89. The van der Waals surface area contributed by atoms with E-state index in [1.54, 1.807) is 0 Å². The fourth-order valence-corrected chi connectivity index (χ4v) is 5.51. The highest BCUT2D eigenvalue weighted by atomic mass is 15.0. The van der Waals surface area contributed by atoms with Crippen molar-refractivity contribution < 1.29 is 0 Å². The van der Waals surface area contributed by atoms with Crippen LogP contribution in [-0.4, -0.2) is 15.0 Å². The van der Waals surface area contributed by atoms with Crippen molar-refractivity contribution >= 4 is 21.5 Å². The molecule has 3 nitrogen and oxygen atoms in total. The van der Waals surface area contributed by atoms with Gasteiger partial charge in [-0.15, -0.1) is 0 Å². The molecule has 0 fully saturated rings. The molecule has 0 saturated carbocycles. The number of nitrogens with zero attached hydrogens (tertiary/aromatic N) is 3. The Bertz CT molecular complexity index is 1780. The molecule has 0 bridgehead atoms. The first-order valence-electron chi connectivity index (χ1n) is 13.0. The van der Waals surface area contributed by atoms with Crippen molar-refractivity contribution in [2.24, 2.45) is 0 Å². The first-order chi connectivity index (χ1) is 18.9. The van der Waals surface area contributed by atoms with Crippen LogP contribution in [0.5, 0.6) is 0 Å². The van der Waals surface area contributed by atoms with Gasteiger partial charge in [-0.05, 0) is 33.5 Å². The van der Waals surface area contributed by atoms with Gasteiger partial charge in [0.05, 0.1) is 0 Å². The zero-order valence-corrected chi connectivity index (χ0v) is 20.8. The molecule has 1 aliphatic carbocycles. The maximum absolute atomic E-state index is 5.15. The van der Waals surface area contributed by atoms with Gasteiger partial charge in [0.25, 0.3) is 0 Å². The number of aromatic nitrogens is 3. The van der Waals surface area contributed by atoms with Crippen molar-refractivity contribution in [3.05, 3.63) is 139 Å². The van der Waals surface area contributed by atoms with Gasteiger partial charge in [-0.25, -0.2) is 15.0 Å². The van der Waals surface area contributed by atoms with Crippen LogP contribution in [0.4, 0.5) is 0 Å². The Labute approximate surface area is 221 Å². The smallest absolute Gasteiger partial charge is 0.165 e. The van der Waals surface area contributed by atoms with Gasteiger partial charge in [-0.1, -0.05) is 133 Å². The normalized spacial score (nSPS) is 14.8. The summed E-state index contributed by atoms with van der Waals surface area (Å²) in [6, 6.07) is 37.7. The minimum Gasteiger partial charge on any atom is -0.208 e. The maximum Gasteiger partial charge on any atom is 0.165 e. The van der Waals surface area contributed by atoms with E-state index in [1.165, 1.54) is 21.7 Å². The van der Waals surface area contributed by atoms with E-state index in [2.05, 4.69) is 97.1 Å². The highest BCUT2D eigenvalue weighted by Gasteiger charge is 2.24. The Morgan fingerprint density at radius 3 is 1.55 bits per heavy atom. The molecule has 180 valence electrons. The second-order valence-corrected chi connectivity index (χ2v) is 9.57. The highest BCUT2D eigenvalue weighted by Crippen LogP contribution is 2.44. The number of hydrogen-bond donors (Lipinski definition) is 0. The zero-order valence-electron chi connectivity index (χ0n) is 20.8. The Morgan fingerprint density at radius 1 is 0.474 bits per heavy atom. The van der Waals surface area contributed by atoms with Gasteiger partial charge >= 0.3 is 0 Å². The minimum atomic E-state index is 0.224. The molecule has 6 aromatic rings. The van der Waals surface area contributed by atoms with Crippen LogP contribution in [-0.2, 0) is 0 Å². The molecule has 0 N–H and O–H groups in total. The average Bonchev–Trinajstić information content (AvgIpc) is 3.01. The lowest BCUT2D eigenvalue weighted by Gasteiger charge is -2.23. The van der Waals surface area contributed by atoms with Crippen molar-refractivity contribution in [3.63, 3.8) is 0 Å². The van der Waals surface area contributed by atoms with Gasteiger partial charge in [0.15, 0.2) is 17.5 Å². The van der Waals surface area contributed by atoms with Crippen LogP contribution >= 0.6 is 0 Å². The summed E-state index contributed by atoms with van der Waals surface area (Å²) in [5, 5.41) is 4.87. The number of benzene rings is 5. The standard InChI is InChI=1S/C35H25N3/c1-4-14-24(15-5-1)31-29-22-12-10-20-27(29)28-21-11-13-23-30(28)32(31)35-37-33(25-16-6-2-7-17-25)36-34(38-35)26-18-8-3-9-19-26/h1-14,16-24H,15H2. The van der Waals surface area contributed by atoms with Gasteiger partial charge in [0, 0.05) is 22.6 Å². The Kier molecular flexibility index (Phi) is 5.60. The lowest BCUT2D eigenvalue weighted by molar-refractivity contribution is 0.862. The predicted octanol–water partition coefficient (Wildman–Crippen LogP) is 8.78. The van der Waals surface area contributed by atoms with E-state index in [9.17, 15) is 0 Å². The van der Waals surface area contributed by atoms with Crippen molar-refractivity contribution in [1.82, 2.24) is 15.0 Å². The van der Waals surface area contributed by atoms with E-state index in [4.69, 9.17) is 15.0 Å². The largest absolute Gasteiger partial charge is 0.208 e. The third-order valence-electron chi connectivity index (χ3n) is 7.25. The van der Waals surface area contributed by atoms with Gasteiger partial charge in [0.1, 0.15) is 0 Å². The monoisotopic (exact) mass is 487 g/mol. The lowest BCUT2D eigenvalue weighted by atomic mass is 9.82. The molecule has 0 saturated heterocycles. The van der Waals surface area contributed by atoms with Crippen LogP contribution in [0, 0.1) is 0 Å². The fourth-order valence-electron chi connectivity index (χ4n) is 5.51. The van der Waals surface area contributed by atoms with Gasteiger partial charge in [-0.3, -0.25) is 0 Å². The number of allylic oxidation sites excluding steroid dienone is 4. The van der Waals surface area contributed by atoms with Gasteiger partial charge in [-0.2, -0.15) is 0 Å². The van der Waals surface area contributed by atoms with Crippen molar-refractivity contribution in [1.29, 1.82) is 0 Å². The number of rotatable bonds is 4. The van der Waals surface area contributed by atoms with Crippen LogP contribution in [0.15, 0.2) is 133 Å². The molecule has 5 aromatic carbocycles. The van der Waals surface area contributed by atoms with Crippen molar-refractivity contribution in [3.8, 4) is 34.2 Å². The van der Waals surface area contributed by atoms with Gasteiger partial charge < -0.3 is 0 Å². The third-order valence-corrected chi connectivity index (χ3v) is 7.25. The Balaban J connectivity index is 1.61. The Hall–Kier alpha value is -4.89. The molecule has 0 radical (unpaired) electrons. The second kappa shape index (κ2) is 9.53. The van der Waals surface area contributed by atoms with Crippen LogP contribution in [0.2, 0.25) is 0 Å². The number of hydrogen-bond acceptors (Lipinski definition) is 3. The summed E-state index contributed by atoms with van der Waals surface area (Å²) < 4.78 is 0. The molecular formula is C35H25N3. The summed E-state index contributed by atoms with van der Waals surface area (Å²) >= 11 is 0. The first kappa shape index (κ1) is 22.3. The molecule has 0 aliphatic heterocycles. The van der Waals surface area contributed by atoms with Crippen LogP contribution in [0.1, 0.15) is 17.9 Å². The summed E-state index contributed by atoms with van der Waals surface area (Å²) in [5.74, 6) is 2.28. The average molecular weight is 488 g/mol. The Morgan fingerprint density at radius 2 is 0.974 bits per heavy atom. The summed E-state index contributed by atoms with van der Waals surface area (Å²) in [4.78, 5) is 15.2. The number of fused-ring (bicyclic) bond motifs is 3. The van der Waals surface area contributed by atoms with Crippen molar-refractivity contribution in [2.75, 3.05) is 0 Å². The molecule has 3 heteroatoms. The predicted molar refractivity (Wildman–Crippen MR) is 157 cm³/mol. The van der Waals surface area contributed by atoms with E-state index in [0.29, 0.717) is 17.5 Å². The highest BCUT2D eigenvalue weighted by molar-refractivity contribution is 6.15. The lowest BCUT2D eigenvalue weighted by Crippen LogP contribution is -2.06. The molecule has 0 spiro atoms. The zero-order chi connectivity index (χ0) is 25.3. The molecule has 1 unspecified atom stereocenters. The topological polar surface area (TPSA) is 38.7 Å². The molecule has 7 rings (SSSR count). The van der Waals surface area contributed by atoms with Crippen molar-refractivity contribution in [2.45, 2.75) is 12.3 Å². The molecule has 0 amide bonds. The van der Waals surface area contributed by atoms with E-state index in [0.717, 1.165) is 28.5 Å². The molecule has 1 aromatic heterocycles. The summed E-state index contributed by atoms with van der Waals surface area (Å²) in [7, 11) is 0. The van der Waals surface area contributed by atoms with E-state index in [-0.39, 0.29) is 5.92 Å². The summed E-state index contributed by atoms with van der Waals surface area (Å²) in [6.07, 6.45) is 9.77. The molecule has 1 heterocycles.